The number of hydrogen-bond donors (Lipinski definition) is 2. The molecule has 1 aliphatic rings. The van der Waals surface area contributed by atoms with E-state index in [0.29, 0.717) is 25.3 Å². The number of pyridine rings is 1. The van der Waals surface area contributed by atoms with Crippen LogP contribution in [-0.2, 0) is 16.1 Å². The zero-order valence-corrected chi connectivity index (χ0v) is 14.3. The first-order valence-corrected chi connectivity index (χ1v) is 8.29. The van der Waals surface area contributed by atoms with Gasteiger partial charge < -0.3 is 15.4 Å². The smallest absolute Gasteiger partial charge is 0.242 e. The molecule has 0 aliphatic carbocycles. The Hall–Kier alpha value is -2.89. The molecule has 1 fully saturated rings. The zero-order valence-electron chi connectivity index (χ0n) is 14.3. The molecule has 2 amide bonds. The predicted molar refractivity (Wildman–Crippen MR) is 93.2 cm³/mol. The number of para-hydroxylation sites is 1. The van der Waals surface area contributed by atoms with E-state index in [1.54, 1.807) is 12.3 Å². The lowest BCUT2D eigenvalue weighted by Gasteiger charge is -2.15. The minimum atomic E-state index is -0.452. The molecule has 6 nitrogen and oxygen atoms in total. The van der Waals surface area contributed by atoms with Crippen LogP contribution in [0.1, 0.15) is 29.5 Å². The van der Waals surface area contributed by atoms with Crippen molar-refractivity contribution in [1.82, 2.24) is 15.6 Å². The van der Waals surface area contributed by atoms with Crippen LogP contribution in [-0.4, -0.2) is 22.8 Å². The molecule has 1 atom stereocenters. The Balaban J connectivity index is 1.71. The van der Waals surface area contributed by atoms with Crippen LogP contribution in [0.2, 0.25) is 0 Å². The number of nitrogens with zero attached hydrogens (tertiary/aromatic N) is 1. The fourth-order valence-electron chi connectivity index (χ4n) is 2.82. The zero-order chi connectivity index (χ0) is 17.8. The average Bonchev–Trinajstić information content (AvgIpc) is 3.03. The van der Waals surface area contributed by atoms with E-state index in [-0.39, 0.29) is 11.8 Å². The molecule has 6 heteroatoms. The summed E-state index contributed by atoms with van der Waals surface area (Å²) in [5, 5.41) is 5.50. The quantitative estimate of drug-likeness (QED) is 0.876. The number of ether oxygens (including phenoxy) is 1. The first-order valence-electron chi connectivity index (χ1n) is 8.29. The lowest BCUT2D eigenvalue weighted by atomic mass is 10.1. The molecule has 2 N–H and O–H groups in total. The topological polar surface area (TPSA) is 80.3 Å². The molecule has 2 aromatic rings. The molecule has 1 aliphatic heterocycles. The summed E-state index contributed by atoms with van der Waals surface area (Å²) in [5.41, 5.74) is 2.83. The maximum atomic E-state index is 12.2. The van der Waals surface area contributed by atoms with Gasteiger partial charge in [-0.1, -0.05) is 24.3 Å². The minimum Gasteiger partial charge on any atom is -0.438 e. The molecule has 25 heavy (non-hydrogen) atoms. The van der Waals surface area contributed by atoms with Crippen molar-refractivity contribution in [3.05, 3.63) is 53.2 Å². The third kappa shape index (κ3) is 3.96. The highest BCUT2D eigenvalue weighted by molar-refractivity contribution is 5.90. The van der Waals surface area contributed by atoms with Crippen LogP contribution in [0.4, 0.5) is 0 Å². The Bertz CT molecular complexity index is 784. The number of aromatic nitrogens is 1. The van der Waals surface area contributed by atoms with Crippen molar-refractivity contribution in [3.8, 4) is 11.6 Å². The summed E-state index contributed by atoms with van der Waals surface area (Å²) in [5.74, 6) is 0.973. The van der Waals surface area contributed by atoms with Gasteiger partial charge in [0.25, 0.3) is 0 Å². The van der Waals surface area contributed by atoms with E-state index in [2.05, 4.69) is 15.6 Å². The Labute approximate surface area is 146 Å². The van der Waals surface area contributed by atoms with Gasteiger partial charge in [-0.15, -0.1) is 0 Å². The van der Waals surface area contributed by atoms with E-state index < -0.39 is 6.04 Å². The van der Waals surface area contributed by atoms with Crippen molar-refractivity contribution in [3.63, 3.8) is 0 Å². The van der Waals surface area contributed by atoms with Gasteiger partial charge >= 0.3 is 0 Å². The third-order valence-electron chi connectivity index (χ3n) is 4.22. The Morgan fingerprint density at radius 3 is 2.72 bits per heavy atom. The number of aryl methyl sites for hydroxylation is 2. The van der Waals surface area contributed by atoms with E-state index in [9.17, 15) is 9.59 Å². The maximum absolute atomic E-state index is 12.2. The van der Waals surface area contributed by atoms with E-state index in [1.807, 2.05) is 38.1 Å². The second-order valence-corrected chi connectivity index (χ2v) is 6.17. The summed E-state index contributed by atoms with van der Waals surface area (Å²) >= 11 is 0. The fourth-order valence-corrected chi connectivity index (χ4v) is 2.82. The van der Waals surface area contributed by atoms with Crippen molar-refractivity contribution < 1.29 is 14.3 Å². The third-order valence-corrected chi connectivity index (χ3v) is 4.22. The molecule has 0 saturated carbocycles. The molecular formula is C19H21N3O3. The van der Waals surface area contributed by atoms with Crippen LogP contribution in [0.25, 0.3) is 0 Å². The van der Waals surface area contributed by atoms with Crippen molar-refractivity contribution in [1.29, 1.82) is 0 Å². The standard InChI is InChI=1S/C19H21N3O3/c1-12-5-3-6-13(2)17(12)25-19-14(7-4-10-20-19)11-21-18(24)15-8-9-16(23)22-15/h3-7,10,15H,8-9,11H2,1-2H3,(H,21,24)(H,22,23)/t15-/m0/s1. The second-order valence-electron chi connectivity index (χ2n) is 6.17. The Morgan fingerprint density at radius 2 is 2.04 bits per heavy atom. The number of benzene rings is 1. The molecule has 0 unspecified atom stereocenters. The summed E-state index contributed by atoms with van der Waals surface area (Å²) in [6.07, 6.45) is 2.58. The highest BCUT2D eigenvalue weighted by Gasteiger charge is 2.27. The van der Waals surface area contributed by atoms with Gasteiger partial charge in [0.1, 0.15) is 11.8 Å². The summed E-state index contributed by atoms with van der Waals surface area (Å²) < 4.78 is 6.01. The SMILES string of the molecule is Cc1cccc(C)c1Oc1ncccc1CNC(=O)[C@@H]1CCC(=O)N1. The molecule has 1 aromatic heterocycles. The summed E-state index contributed by atoms with van der Waals surface area (Å²) in [6, 6.07) is 9.16. The number of carbonyl (C=O) groups excluding carboxylic acids is 2. The van der Waals surface area contributed by atoms with Gasteiger partial charge in [0.05, 0.1) is 0 Å². The Morgan fingerprint density at radius 1 is 1.28 bits per heavy atom. The molecule has 1 saturated heterocycles. The van der Waals surface area contributed by atoms with E-state index >= 15 is 0 Å². The highest BCUT2D eigenvalue weighted by atomic mass is 16.5. The van der Waals surface area contributed by atoms with Crippen molar-refractivity contribution in [2.24, 2.45) is 0 Å². The van der Waals surface area contributed by atoms with Gasteiger partial charge in [-0.05, 0) is 37.5 Å². The van der Waals surface area contributed by atoms with Crippen LogP contribution >= 0.6 is 0 Å². The van der Waals surface area contributed by atoms with Crippen LogP contribution in [0.15, 0.2) is 36.5 Å². The van der Waals surface area contributed by atoms with Crippen molar-refractivity contribution in [2.75, 3.05) is 0 Å². The van der Waals surface area contributed by atoms with Gasteiger partial charge in [0.2, 0.25) is 17.7 Å². The molecule has 3 rings (SSSR count). The molecule has 1 aromatic carbocycles. The average molecular weight is 339 g/mol. The largest absolute Gasteiger partial charge is 0.438 e. The summed E-state index contributed by atoms with van der Waals surface area (Å²) in [7, 11) is 0. The predicted octanol–water partition coefficient (Wildman–Crippen LogP) is 2.39. The number of nitrogens with one attached hydrogen (secondary N) is 2. The second kappa shape index (κ2) is 7.34. The maximum Gasteiger partial charge on any atom is 0.242 e. The molecule has 2 heterocycles. The van der Waals surface area contributed by atoms with Gasteiger partial charge in [0.15, 0.2) is 0 Å². The number of carbonyl (C=O) groups is 2. The highest BCUT2D eigenvalue weighted by Crippen LogP contribution is 2.29. The number of rotatable bonds is 5. The van der Waals surface area contributed by atoms with Crippen LogP contribution in [0, 0.1) is 13.8 Å². The van der Waals surface area contributed by atoms with Gasteiger partial charge in [-0.3, -0.25) is 9.59 Å². The van der Waals surface area contributed by atoms with E-state index in [1.165, 1.54) is 0 Å². The summed E-state index contributed by atoms with van der Waals surface area (Å²) in [6.45, 7) is 4.25. The first kappa shape index (κ1) is 17.0. The first-order chi connectivity index (χ1) is 12.0. The van der Waals surface area contributed by atoms with E-state index in [4.69, 9.17) is 4.74 Å². The van der Waals surface area contributed by atoms with Crippen molar-refractivity contribution in [2.45, 2.75) is 39.3 Å². The van der Waals surface area contributed by atoms with Crippen LogP contribution in [0.5, 0.6) is 11.6 Å². The number of hydrogen-bond acceptors (Lipinski definition) is 4. The lowest BCUT2D eigenvalue weighted by Crippen LogP contribution is -2.41. The monoisotopic (exact) mass is 339 g/mol. The molecule has 130 valence electrons. The molecule has 0 spiro atoms. The minimum absolute atomic E-state index is 0.0828. The fraction of sp³-hybridized carbons (Fsp3) is 0.316. The molecule has 0 bridgehead atoms. The number of amides is 2. The Kier molecular flexibility index (Phi) is 4.97. The van der Waals surface area contributed by atoms with Gasteiger partial charge in [-0.25, -0.2) is 4.98 Å². The molecule has 0 radical (unpaired) electrons. The van der Waals surface area contributed by atoms with Crippen molar-refractivity contribution >= 4 is 11.8 Å². The lowest BCUT2D eigenvalue weighted by molar-refractivity contribution is -0.125. The van der Waals surface area contributed by atoms with E-state index in [0.717, 1.165) is 22.4 Å². The summed E-state index contributed by atoms with van der Waals surface area (Å²) in [4.78, 5) is 27.7. The van der Waals surface area contributed by atoms with Crippen LogP contribution < -0.4 is 15.4 Å². The van der Waals surface area contributed by atoms with Gasteiger partial charge in [0, 0.05) is 24.7 Å². The molecular weight excluding hydrogens is 318 g/mol. The normalized spacial score (nSPS) is 16.4. The van der Waals surface area contributed by atoms with Crippen LogP contribution in [0.3, 0.4) is 0 Å². The van der Waals surface area contributed by atoms with Gasteiger partial charge in [-0.2, -0.15) is 0 Å².